The average Bonchev–Trinajstić information content (AvgIpc) is 2.16. The molecule has 0 aliphatic rings. The largest absolute Gasteiger partial charge is 0.506 e. The first-order chi connectivity index (χ1) is 6.66. The molecule has 3 heteroatoms. The second-order valence-electron chi connectivity index (χ2n) is 3.16. The third-order valence-corrected chi connectivity index (χ3v) is 2.08. The molecule has 0 atom stereocenters. The number of rotatable bonds is 1. The highest BCUT2D eigenvalue weighted by Crippen LogP contribution is 2.18. The van der Waals surface area contributed by atoms with Gasteiger partial charge in [-0.25, -0.2) is 0 Å². The number of benzene rings is 1. The molecular formula is C11H9NO2. The van der Waals surface area contributed by atoms with Crippen LogP contribution >= 0.6 is 0 Å². The van der Waals surface area contributed by atoms with Crippen molar-refractivity contribution in [2.45, 2.75) is 6.92 Å². The lowest BCUT2D eigenvalue weighted by molar-refractivity contribution is 0.101. The Kier molecular flexibility index (Phi) is 1.93. The quantitative estimate of drug-likeness (QED) is 0.696. The molecule has 0 aliphatic carbocycles. The molecule has 2 aromatic rings. The Labute approximate surface area is 81.0 Å². The molecule has 1 heterocycles. The fraction of sp³-hybridized carbons (Fsp3) is 0.0909. The van der Waals surface area contributed by atoms with Gasteiger partial charge >= 0.3 is 0 Å². The number of hydrogen-bond acceptors (Lipinski definition) is 3. The molecule has 0 radical (unpaired) electrons. The summed E-state index contributed by atoms with van der Waals surface area (Å²) in [5.74, 6) is 0.148. The highest BCUT2D eigenvalue weighted by Gasteiger charge is 2.01. The van der Waals surface area contributed by atoms with Gasteiger partial charge in [0.15, 0.2) is 5.78 Å². The van der Waals surface area contributed by atoms with Crippen LogP contribution < -0.4 is 0 Å². The third-order valence-electron chi connectivity index (χ3n) is 2.08. The minimum atomic E-state index is 0.0155. The summed E-state index contributed by atoms with van der Waals surface area (Å²) in [4.78, 5) is 15.1. The highest BCUT2D eigenvalue weighted by molar-refractivity contribution is 5.97. The van der Waals surface area contributed by atoms with Gasteiger partial charge in [0.25, 0.3) is 0 Å². The molecule has 0 spiro atoms. The van der Waals surface area contributed by atoms with E-state index in [1.54, 1.807) is 24.3 Å². The summed E-state index contributed by atoms with van der Waals surface area (Å²) in [5, 5.41) is 10.0. The van der Waals surface area contributed by atoms with E-state index in [4.69, 9.17) is 0 Å². The maximum atomic E-state index is 11.1. The minimum absolute atomic E-state index is 0.0155. The zero-order valence-corrected chi connectivity index (χ0v) is 7.69. The first kappa shape index (κ1) is 8.69. The molecule has 0 bridgehead atoms. The summed E-state index contributed by atoms with van der Waals surface area (Å²) in [5.41, 5.74) is 1.35. The maximum absolute atomic E-state index is 11.1. The number of aromatic hydroxyl groups is 1. The van der Waals surface area contributed by atoms with Crippen LogP contribution in [0.1, 0.15) is 17.3 Å². The van der Waals surface area contributed by atoms with Gasteiger partial charge in [0.2, 0.25) is 0 Å². The van der Waals surface area contributed by atoms with Crippen LogP contribution in [0.5, 0.6) is 5.75 Å². The number of ketones is 1. The molecule has 70 valence electrons. The van der Waals surface area contributed by atoms with E-state index in [0.717, 1.165) is 10.9 Å². The van der Waals surface area contributed by atoms with Gasteiger partial charge in [0, 0.05) is 10.9 Å². The predicted octanol–water partition coefficient (Wildman–Crippen LogP) is 2.14. The van der Waals surface area contributed by atoms with Gasteiger partial charge in [0.1, 0.15) is 5.75 Å². The van der Waals surface area contributed by atoms with Crippen molar-refractivity contribution in [1.82, 2.24) is 4.98 Å². The maximum Gasteiger partial charge on any atom is 0.159 e. The topological polar surface area (TPSA) is 50.2 Å². The Hall–Kier alpha value is -1.90. The van der Waals surface area contributed by atoms with Crippen molar-refractivity contribution in [1.29, 1.82) is 0 Å². The second kappa shape index (κ2) is 3.10. The van der Waals surface area contributed by atoms with Crippen LogP contribution in [-0.2, 0) is 0 Å². The van der Waals surface area contributed by atoms with Gasteiger partial charge in [-0.2, -0.15) is 0 Å². The first-order valence-corrected chi connectivity index (χ1v) is 4.26. The van der Waals surface area contributed by atoms with E-state index >= 15 is 0 Å². The van der Waals surface area contributed by atoms with Crippen LogP contribution in [0.4, 0.5) is 0 Å². The second-order valence-corrected chi connectivity index (χ2v) is 3.16. The molecule has 1 aromatic carbocycles. The van der Waals surface area contributed by atoms with Crippen LogP contribution in [-0.4, -0.2) is 15.9 Å². The molecule has 0 saturated heterocycles. The summed E-state index contributed by atoms with van der Waals surface area (Å²) < 4.78 is 0. The molecule has 0 unspecified atom stereocenters. The molecule has 0 aliphatic heterocycles. The van der Waals surface area contributed by atoms with E-state index < -0.39 is 0 Å². The number of carbonyl (C=O) groups is 1. The summed E-state index contributed by atoms with van der Waals surface area (Å²) >= 11 is 0. The van der Waals surface area contributed by atoms with Gasteiger partial charge < -0.3 is 5.11 Å². The Balaban J connectivity index is 2.67. The SMILES string of the molecule is CC(=O)c1ccc2cc(O)cnc2c1. The van der Waals surface area contributed by atoms with E-state index in [-0.39, 0.29) is 11.5 Å². The van der Waals surface area contributed by atoms with Crippen molar-refractivity contribution in [2.75, 3.05) is 0 Å². The Morgan fingerprint density at radius 1 is 1.36 bits per heavy atom. The molecule has 0 amide bonds. The highest BCUT2D eigenvalue weighted by atomic mass is 16.3. The van der Waals surface area contributed by atoms with Gasteiger partial charge in [-0.3, -0.25) is 9.78 Å². The van der Waals surface area contributed by atoms with E-state index in [9.17, 15) is 9.90 Å². The third kappa shape index (κ3) is 1.44. The number of carbonyl (C=O) groups excluding carboxylic acids is 1. The molecule has 1 N–H and O–H groups in total. The average molecular weight is 187 g/mol. The van der Waals surface area contributed by atoms with Crippen LogP contribution in [0.15, 0.2) is 30.5 Å². The Morgan fingerprint density at radius 3 is 2.86 bits per heavy atom. The number of pyridine rings is 1. The normalized spacial score (nSPS) is 10.4. The summed E-state index contributed by atoms with van der Waals surface area (Å²) in [7, 11) is 0. The minimum Gasteiger partial charge on any atom is -0.506 e. The lowest BCUT2D eigenvalue weighted by atomic mass is 10.1. The van der Waals surface area contributed by atoms with E-state index in [0.29, 0.717) is 5.56 Å². The lowest BCUT2D eigenvalue weighted by Crippen LogP contribution is -1.91. The summed E-state index contributed by atoms with van der Waals surface area (Å²) in [6, 6.07) is 6.84. The van der Waals surface area contributed by atoms with Crippen molar-refractivity contribution < 1.29 is 9.90 Å². The molecule has 0 saturated carbocycles. The van der Waals surface area contributed by atoms with E-state index in [1.807, 2.05) is 0 Å². The Bertz CT molecular complexity index is 506. The fourth-order valence-corrected chi connectivity index (χ4v) is 1.33. The monoisotopic (exact) mass is 187 g/mol. The standard InChI is InChI=1S/C11H9NO2/c1-7(13)8-2-3-9-4-10(14)6-12-11(9)5-8/h2-6,14H,1H3. The van der Waals surface area contributed by atoms with Gasteiger partial charge in [-0.1, -0.05) is 12.1 Å². The number of nitrogens with zero attached hydrogens (tertiary/aromatic N) is 1. The van der Waals surface area contributed by atoms with Gasteiger partial charge in [0.05, 0.1) is 11.7 Å². The van der Waals surface area contributed by atoms with Crippen LogP contribution in [0, 0.1) is 0 Å². The van der Waals surface area contributed by atoms with Crippen molar-refractivity contribution in [3.05, 3.63) is 36.0 Å². The lowest BCUT2D eigenvalue weighted by Gasteiger charge is -1.99. The van der Waals surface area contributed by atoms with Gasteiger partial charge in [-0.05, 0) is 19.1 Å². The first-order valence-electron chi connectivity index (χ1n) is 4.26. The summed E-state index contributed by atoms with van der Waals surface area (Å²) in [6.45, 7) is 1.52. The van der Waals surface area contributed by atoms with Crippen LogP contribution in [0.3, 0.4) is 0 Å². The fourth-order valence-electron chi connectivity index (χ4n) is 1.33. The smallest absolute Gasteiger partial charge is 0.159 e. The molecule has 3 nitrogen and oxygen atoms in total. The van der Waals surface area contributed by atoms with Crippen molar-refractivity contribution in [3.8, 4) is 5.75 Å². The Morgan fingerprint density at radius 2 is 2.14 bits per heavy atom. The van der Waals surface area contributed by atoms with Crippen LogP contribution in [0.2, 0.25) is 0 Å². The molecule has 0 fully saturated rings. The predicted molar refractivity (Wildman–Crippen MR) is 53.4 cm³/mol. The molecule has 1 aromatic heterocycles. The molecular weight excluding hydrogens is 178 g/mol. The van der Waals surface area contributed by atoms with E-state index in [1.165, 1.54) is 13.1 Å². The zero-order chi connectivity index (χ0) is 10.1. The number of fused-ring (bicyclic) bond motifs is 1. The number of aromatic nitrogens is 1. The van der Waals surface area contributed by atoms with E-state index in [2.05, 4.69) is 4.98 Å². The summed E-state index contributed by atoms with van der Waals surface area (Å²) in [6.07, 6.45) is 1.37. The van der Waals surface area contributed by atoms with Crippen molar-refractivity contribution in [2.24, 2.45) is 0 Å². The van der Waals surface area contributed by atoms with Crippen molar-refractivity contribution >= 4 is 16.7 Å². The van der Waals surface area contributed by atoms with Crippen molar-refractivity contribution in [3.63, 3.8) is 0 Å². The molecule has 14 heavy (non-hydrogen) atoms. The number of Topliss-reactive ketones (excluding diaryl/α,β-unsaturated/α-hetero) is 1. The zero-order valence-electron chi connectivity index (χ0n) is 7.69. The number of hydrogen-bond donors (Lipinski definition) is 1. The van der Waals surface area contributed by atoms with Crippen LogP contribution in [0.25, 0.3) is 10.9 Å². The van der Waals surface area contributed by atoms with Gasteiger partial charge in [-0.15, -0.1) is 0 Å². The molecule has 2 rings (SSSR count).